The standard InChI is InChI=1S/C21H23N3O4/c1-13-6-9-19(27-4)15(10-13)18-12-17(23-24(18)2)21(25)22-16-8-7-14(26-3)11-20(16)28-5/h6-12H,1-5H3,(H,22,25). The molecule has 1 N–H and O–H groups in total. The summed E-state index contributed by atoms with van der Waals surface area (Å²) in [6, 6.07) is 12.8. The zero-order valence-corrected chi connectivity index (χ0v) is 16.6. The highest BCUT2D eigenvalue weighted by molar-refractivity contribution is 6.04. The van der Waals surface area contributed by atoms with Gasteiger partial charge in [0, 0.05) is 18.7 Å². The van der Waals surface area contributed by atoms with Crippen LogP contribution >= 0.6 is 0 Å². The Morgan fingerprint density at radius 3 is 2.39 bits per heavy atom. The second kappa shape index (κ2) is 8.04. The molecule has 0 spiro atoms. The number of hydrogen-bond acceptors (Lipinski definition) is 5. The van der Waals surface area contributed by atoms with Gasteiger partial charge in [-0.05, 0) is 37.3 Å². The van der Waals surface area contributed by atoms with Crippen LogP contribution in [0.2, 0.25) is 0 Å². The zero-order valence-electron chi connectivity index (χ0n) is 16.6. The molecule has 0 unspecified atom stereocenters. The number of methoxy groups -OCH3 is 3. The average molecular weight is 381 g/mol. The van der Waals surface area contributed by atoms with Crippen LogP contribution in [-0.4, -0.2) is 37.0 Å². The first-order valence-electron chi connectivity index (χ1n) is 8.69. The maximum atomic E-state index is 12.7. The minimum atomic E-state index is -0.336. The van der Waals surface area contributed by atoms with Crippen LogP contribution in [0.5, 0.6) is 17.2 Å². The third-order valence-electron chi connectivity index (χ3n) is 4.40. The lowest BCUT2D eigenvalue weighted by Crippen LogP contribution is -2.13. The van der Waals surface area contributed by atoms with Crippen molar-refractivity contribution in [1.82, 2.24) is 9.78 Å². The lowest BCUT2D eigenvalue weighted by molar-refractivity contribution is 0.102. The summed E-state index contributed by atoms with van der Waals surface area (Å²) in [4.78, 5) is 12.7. The van der Waals surface area contributed by atoms with Crippen LogP contribution in [0.25, 0.3) is 11.3 Å². The van der Waals surface area contributed by atoms with Crippen molar-refractivity contribution in [2.75, 3.05) is 26.6 Å². The molecule has 0 atom stereocenters. The lowest BCUT2D eigenvalue weighted by atomic mass is 10.1. The third-order valence-corrected chi connectivity index (χ3v) is 4.40. The van der Waals surface area contributed by atoms with Crippen LogP contribution in [0.1, 0.15) is 16.1 Å². The number of aromatic nitrogens is 2. The predicted octanol–water partition coefficient (Wildman–Crippen LogP) is 3.67. The van der Waals surface area contributed by atoms with Crippen molar-refractivity contribution in [2.24, 2.45) is 7.05 Å². The summed E-state index contributed by atoms with van der Waals surface area (Å²) in [5, 5.41) is 7.20. The molecule has 0 fully saturated rings. The normalized spacial score (nSPS) is 10.5. The summed E-state index contributed by atoms with van der Waals surface area (Å²) >= 11 is 0. The fraction of sp³-hybridized carbons (Fsp3) is 0.238. The van der Waals surface area contributed by atoms with Gasteiger partial charge in [0.25, 0.3) is 5.91 Å². The molecule has 0 bridgehead atoms. The van der Waals surface area contributed by atoms with Crippen LogP contribution in [0, 0.1) is 6.92 Å². The second-order valence-corrected chi connectivity index (χ2v) is 6.26. The van der Waals surface area contributed by atoms with Crippen molar-refractivity contribution in [1.29, 1.82) is 0 Å². The molecule has 2 aromatic carbocycles. The van der Waals surface area contributed by atoms with Crippen LogP contribution in [0.3, 0.4) is 0 Å². The highest BCUT2D eigenvalue weighted by Crippen LogP contribution is 2.32. The van der Waals surface area contributed by atoms with Gasteiger partial charge < -0.3 is 19.5 Å². The predicted molar refractivity (Wildman–Crippen MR) is 107 cm³/mol. The molecular weight excluding hydrogens is 358 g/mol. The minimum Gasteiger partial charge on any atom is -0.497 e. The van der Waals surface area contributed by atoms with Gasteiger partial charge in [0.2, 0.25) is 0 Å². The second-order valence-electron chi connectivity index (χ2n) is 6.26. The molecule has 3 rings (SSSR count). The van der Waals surface area contributed by atoms with Crippen molar-refractivity contribution >= 4 is 11.6 Å². The summed E-state index contributed by atoms with van der Waals surface area (Å²) in [5.41, 5.74) is 3.57. The molecule has 28 heavy (non-hydrogen) atoms. The molecule has 0 aliphatic rings. The van der Waals surface area contributed by atoms with E-state index in [1.807, 2.05) is 25.1 Å². The van der Waals surface area contributed by atoms with E-state index in [-0.39, 0.29) is 5.91 Å². The molecule has 0 radical (unpaired) electrons. The van der Waals surface area contributed by atoms with Gasteiger partial charge in [-0.3, -0.25) is 9.48 Å². The van der Waals surface area contributed by atoms with Gasteiger partial charge in [-0.1, -0.05) is 11.6 Å². The summed E-state index contributed by atoms with van der Waals surface area (Å²) in [7, 11) is 6.52. The number of nitrogens with one attached hydrogen (secondary N) is 1. The van der Waals surface area contributed by atoms with Crippen molar-refractivity contribution in [3.05, 3.63) is 53.7 Å². The van der Waals surface area contributed by atoms with E-state index in [1.54, 1.807) is 50.2 Å². The first kappa shape index (κ1) is 19.3. The molecule has 0 aliphatic heterocycles. The topological polar surface area (TPSA) is 74.6 Å². The van der Waals surface area contributed by atoms with Crippen LogP contribution in [0.15, 0.2) is 42.5 Å². The summed E-state index contributed by atoms with van der Waals surface area (Å²) in [6.45, 7) is 2.00. The highest BCUT2D eigenvalue weighted by atomic mass is 16.5. The van der Waals surface area contributed by atoms with Crippen LogP contribution in [-0.2, 0) is 7.05 Å². The maximum Gasteiger partial charge on any atom is 0.276 e. The molecule has 1 amide bonds. The van der Waals surface area contributed by atoms with Crippen LogP contribution in [0.4, 0.5) is 5.69 Å². The Morgan fingerprint density at radius 2 is 1.71 bits per heavy atom. The van der Waals surface area contributed by atoms with Crippen molar-refractivity contribution in [2.45, 2.75) is 6.92 Å². The van der Waals surface area contributed by atoms with Gasteiger partial charge in [0.05, 0.1) is 32.7 Å². The Balaban J connectivity index is 1.91. The molecule has 3 aromatic rings. The monoisotopic (exact) mass is 381 g/mol. The smallest absolute Gasteiger partial charge is 0.276 e. The van der Waals surface area contributed by atoms with E-state index >= 15 is 0 Å². The number of anilines is 1. The highest BCUT2D eigenvalue weighted by Gasteiger charge is 2.18. The van der Waals surface area contributed by atoms with E-state index in [2.05, 4.69) is 10.4 Å². The fourth-order valence-electron chi connectivity index (χ4n) is 2.94. The molecular formula is C21H23N3O4. The molecule has 146 valence electrons. The van der Waals surface area contributed by atoms with Gasteiger partial charge in [0.1, 0.15) is 17.2 Å². The van der Waals surface area contributed by atoms with E-state index in [4.69, 9.17) is 14.2 Å². The molecule has 0 aliphatic carbocycles. The fourth-order valence-corrected chi connectivity index (χ4v) is 2.94. The van der Waals surface area contributed by atoms with Gasteiger partial charge in [-0.25, -0.2) is 0 Å². The van der Waals surface area contributed by atoms with Gasteiger partial charge >= 0.3 is 0 Å². The molecule has 1 heterocycles. The number of ether oxygens (including phenoxy) is 3. The Bertz CT molecular complexity index is 1010. The maximum absolute atomic E-state index is 12.7. The van der Waals surface area contributed by atoms with Crippen molar-refractivity contribution in [3.63, 3.8) is 0 Å². The number of hydrogen-bond donors (Lipinski definition) is 1. The number of amides is 1. The van der Waals surface area contributed by atoms with E-state index < -0.39 is 0 Å². The first-order valence-corrected chi connectivity index (χ1v) is 8.69. The zero-order chi connectivity index (χ0) is 20.3. The van der Waals surface area contributed by atoms with E-state index in [0.717, 1.165) is 22.6 Å². The first-order chi connectivity index (χ1) is 13.5. The number of benzene rings is 2. The molecule has 0 saturated carbocycles. The SMILES string of the molecule is COc1ccc(NC(=O)c2cc(-c3cc(C)ccc3OC)n(C)n2)c(OC)c1. The number of aryl methyl sites for hydroxylation is 2. The number of nitrogens with zero attached hydrogens (tertiary/aromatic N) is 2. The van der Waals surface area contributed by atoms with E-state index in [0.29, 0.717) is 22.9 Å². The van der Waals surface area contributed by atoms with Crippen LogP contribution < -0.4 is 19.5 Å². The summed E-state index contributed by atoms with van der Waals surface area (Å²) in [5.74, 6) is 1.53. The number of carbonyl (C=O) groups excluding carboxylic acids is 1. The minimum absolute atomic E-state index is 0.291. The largest absolute Gasteiger partial charge is 0.497 e. The quantitative estimate of drug-likeness (QED) is 0.705. The van der Waals surface area contributed by atoms with Gasteiger partial charge in [-0.2, -0.15) is 5.10 Å². The molecule has 7 nitrogen and oxygen atoms in total. The Hall–Kier alpha value is -3.48. The van der Waals surface area contributed by atoms with E-state index in [9.17, 15) is 4.79 Å². The Kier molecular flexibility index (Phi) is 5.54. The van der Waals surface area contributed by atoms with E-state index in [1.165, 1.54) is 7.11 Å². The Labute approximate surface area is 163 Å². The summed E-state index contributed by atoms with van der Waals surface area (Å²) in [6.07, 6.45) is 0. The number of rotatable bonds is 6. The Morgan fingerprint density at radius 1 is 0.964 bits per heavy atom. The third kappa shape index (κ3) is 3.78. The molecule has 7 heteroatoms. The van der Waals surface area contributed by atoms with Crippen molar-refractivity contribution in [3.8, 4) is 28.5 Å². The lowest BCUT2D eigenvalue weighted by Gasteiger charge is -2.10. The molecule has 1 aromatic heterocycles. The van der Waals surface area contributed by atoms with Gasteiger partial charge in [-0.15, -0.1) is 0 Å². The van der Waals surface area contributed by atoms with Crippen molar-refractivity contribution < 1.29 is 19.0 Å². The average Bonchev–Trinajstić information content (AvgIpc) is 3.09. The van der Waals surface area contributed by atoms with Gasteiger partial charge in [0.15, 0.2) is 5.69 Å². The molecule has 0 saturated heterocycles. The number of carbonyl (C=O) groups is 1. The summed E-state index contributed by atoms with van der Waals surface area (Å²) < 4.78 is 17.6.